The van der Waals surface area contributed by atoms with Crippen LogP contribution in [0.15, 0.2) is 0 Å². The summed E-state index contributed by atoms with van der Waals surface area (Å²) in [6, 6.07) is 0. The third-order valence-electron chi connectivity index (χ3n) is 2.91. The zero-order chi connectivity index (χ0) is 8.20. The number of halogens is 1. The molecule has 0 aliphatic heterocycles. The van der Waals surface area contributed by atoms with E-state index in [2.05, 4.69) is 27.7 Å². The van der Waals surface area contributed by atoms with Gasteiger partial charge in [-0.1, -0.05) is 34.1 Å². The summed E-state index contributed by atoms with van der Waals surface area (Å²) >= 11 is 0. The van der Waals surface area contributed by atoms with E-state index in [1.165, 1.54) is 6.42 Å². The Balaban J connectivity index is 0. The molecule has 0 rings (SSSR count). The number of rotatable bonds is 4. The van der Waals surface area contributed by atoms with Gasteiger partial charge in [-0.05, 0) is 18.8 Å². The van der Waals surface area contributed by atoms with Crippen LogP contribution in [0.25, 0.3) is 0 Å². The molecule has 0 radical (unpaired) electrons. The van der Waals surface area contributed by atoms with Gasteiger partial charge in [0.25, 0.3) is 0 Å². The zero-order valence-corrected chi connectivity index (χ0v) is 9.00. The summed E-state index contributed by atoms with van der Waals surface area (Å²) in [6.45, 7) is 8.80. The lowest BCUT2D eigenvalue weighted by molar-refractivity contribution is 0.263. The monoisotopic (exact) mass is 179 g/mol. The van der Waals surface area contributed by atoms with E-state index in [0.717, 1.165) is 12.8 Å². The Morgan fingerprint density at radius 1 is 1.18 bits per heavy atom. The highest BCUT2D eigenvalue weighted by Crippen LogP contribution is 2.24. The summed E-state index contributed by atoms with van der Waals surface area (Å²) in [5.74, 6) is 0.655. The van der Waals surface area contributed by atoms with Crippen molar-refractivity contribution < 1.29 is 0 Å². The molecule has 0 aromatic heterocycles. The van der Waals surface area contributed by atoms with Gasteiger partial charge in [-0.2, -0.15) is 0 Å². The molecule has 0 amide bonds. The van der Waals surface area contributed by atoms with Crippen molar-refractivity contribution in [1.82, 2.24) is 0 Å². The Hall–Kier alpha value is 0.250. The second-order valence-electron chi connectivity index (χ2n) is 3.25. The SMILES string of the molecule is CCC(C)C(N)(CC)CC.Cl. The second kappa shape index (κ2) is 5.84. The van der Waals surface area contributed by atoms with E-state index >= 15 is 0 Å². The molecule has 0 spiro atoms. The van der Waals surface area contributed by atoms with Gasteiger partial charge >= 0.3 is 0 Å². The van der Waals surface area contributed by atoms with Crippen LogP contribution in [0.5, 0.6) is 0 Å². The van der Waals surface area contributed by atoms with Crippen molar-refractivity contribution in [2.75, 3.05) is 0 Å². The Morgan fingerprint density at radius 2 is 1.55 bits per heavy atom. The van der Waals surface area contributed by atoms with Crippen molar-refractivity contribution in [3.8, 4) is 0 Å². The number of hydrogen-bond acceptors (Lipinski definition) is 1. The van der Waals surface area contributed by atoms with Crippen LogP contribution in [-0.4, -0.2) is 5.54 Å². The predicted molar refractivity (Wildman–Crippen MR) is 54.2 cm³/mol. The van der Waals surface area contributed by atoms with Gasteiger partial charge in [-0.15, -0.1) is 12.4 Å². The van der Waals surface area contributed by atoms with Crippen molar-refractivity contribution in [3.63, 3.8) is 0 Å². The molecule has 1 nitrogen and oxygen atoms in total. The highest BCUT2D eigenvalue weighted by atomic mass is 35.5. The van der Waals surface area contributed by atoms with E-state index in [9.17, 15) is 0 Å². The van der Waals surface area contributed by atoms with E-state index in [0.29, 0.717) is 5.92 Å². The maximum absolute atomic E-state index is 6.15. The van der Waals surface area contributed by atoms with Crippen LogP contribution in [0, 0.1) is 5.92 Å². The summed E-state index contributed by atoms with van der Waals surface area (Å²) in [6.07, 6.45) is 3.38. The van der Waals surface area contributed by atoms with Crippen LogP contribution in [0.2, 0.25) is 0 Å². The van der Waals surface area contributed by atoms with Gasteiger partial charge in [-0.25, -0.2) is 0 Å². The first-order chi connectivity index (χ1) is 4.60. The molecule has 0 bridgehead atoms. The highest BCUT2D eigenvalue weighted by molar-refractivity contribution is 5.85. The van der Waals surface area contributed by atoms with Crippen LogP contribution in [0.4, 0.5) is 0 Å². The average molecular weight is 180 g/mol. The van der Waals surface area contributed by atoms with Crippen LogP contribution >= 0.6 is 12.4 Å². The van der Waals surface area contributed by atoms with Gasteiger partial charge in [0.15, 0.2) is 0 Å². The zero-order valence-electron chi connectivity index (χ0n) is 8.18. The average Bonchev–Trinajstić information content (AvgIpc) is 2.01. The van der Waals surface area contributed by atoms with Crippen LogP contribution in [-0.2, 0) is 0 Å². The first-order valence-corrected chi connectivity index (χ1v) is 4.39. The van der Waals surface area contributed by atoms with Crippen LogP contribution < -0.4 is 5.73 Å². The predicted octanol–water partition coefficient (Wildman–Crippen LogP) is 2.97. The topological polar surface area (TPSA) is 26.0 Å². The standard InChI is InChI=1S/C9H21N.ClH/c1-5-8(4)9(10,6-2)7-3;/h8H,5-7,10H2,1-4H3;1H. The summed E-state index contributed by atoms with van der Waals surface area (Å²) in [7, 11) is 0. The Bertz CT molecular complexity index is 89.6. The molecule has 0 aliphatic rings. The highest BCUT2D eigenvalue weighted by Gasteiger charge is 2.25. The summed E-state index contributed by atoms with van der Waals surface area (Å²) in [5, 5.41) is 0. The summed E-state index contributed by atoms with van der Waals surface area (Å²) in [4.78, 5) is 0. The van der Waals surface area contributed by atoms with Gasteiger partial charge in [0.1, 0.15) is 0 Å². The fraction of sp³-hybridized carbons (Fsp3) is 1.00. The molecule has 0 heterocycles. The van der Waals surface area contributed by atoms with Gasteiger partial charge in [0.2, 0.25) is 0 Å². The lowest BCUT2D eigenvalue weighted by Gasteiger charge is -2.33. The van der Waals surface area contributed by atoms with Gasteiger partial charge in [0, 0.05) is 5.54 Å². The minimum Gasteiger partial charge on any atom is -0.325 e. The fourth-order valence-electron chi connectivity index (χ4n) is 1.35. The third kappa shape index (κ3) is 3.44. The maximum Gasteiger partial charge on any atom is 0.0174 e. The molecule has 0 saturated heterocycles. The van der Waals surface area contributed by atoms with Crippen molar-refractivity contribution in [1.29, 1.82) is 0 Å². The smallest absolute Gasteiger partial charge is 0.0174 e. The number of nitrogens with two attached hydrogens (primary N) is 1. The Morgan fingerprint density at radius 3 is 1.64 bits per heavy atom. The quantitative estimate of drug-likeness (QED) is 0.706. The largest absolute Gasteiger partial charge is 0.325 e. The molecule has 2 heteroatoms. The van der Waals surface area contributed by atoms with E-state index in [-0.39, 0.29) is 17.9 Å². The first-order valence-electron chi connectivity index (χ1n) is 4.39. The van der Waals surface area contributed by atoms with Gasteiger partial charge in [0.05, 0.1) is 0 Å². The first kappa shape index (κ1) is 13.8. The lowest BCUT2D eigenvalue weighted by Crippen LogP contribution is -2.44. The molecular weight excluding hydrogens is 158 g/mol. The van der Waals surface area contributed by atoms with Crippen molar-refractivity contribution >= 4 is 12.4 Å². The van der Waals surface area contributed by atoms with Crippen LogP contribution in [0.1, 0.15) is 47.0 Å². The molecule has 0 saturated carbocycles. The molecule has 1 unspecified atom stereocenters. The Labute approximate surface area is 77.2 Å². The van der Waals surface area contributed by atoms with E-state index < -0.39 is 0 Å². The normalized spacial score (nSPS) is 13.9. The molecule has 0 fully saturated rings. The maximum atomic E-state index is 6.15. The molecule has 11 heavy (non-hydrogen) atoms. The minimum absolute atomic E-state index is 0. The van der Waals surface area contributed by atoms with Crippen molar-refractivity contribution in [2.45, 2.75) is 52.5 Å². The van der Waals surface area contributed by atoms with Crippen molar-refractivity contribution in [2.24, 2.45) is 11.7 Å². The summed E-state index contributed by atoms with van der Waals surface area (Å²) in [5.41, 5.74) is 6.24. The van der Waals surface area contributed by atoms with Gasteiger partial charge < -0.3 is 5.73 Å². The van der Waals surface area contributed by atoms with E-state index in [4.69, 9.17) is 5.73 Å². The lowest BCUT2D eigenvalue weighted by atomic mass is 9.80. The summed E-state index contributed by atoms with van der Waals surface area (Å²) < 4.78 is 0. The van der Waals surface area contributed by atoms with Gasteiger partial charge in [-0.3, -0.25) is 0 Å². The Kier molecular flexibility index (Phi) is 7.34. The molecule has 0 aromatic carbocycles. The molecule has 1 atom stereocenters. The van der Waals surface area contributed by atoms with E-state index in [1.54, 1.807) is 0 Å². The molecule has 2 N–H and O–H groups in total. The third-order valence-corrected chi connectivity index (χ3v) is 2.91. The number of hydrogen-bond donors (Lipinski definition) is 1. The molecule has 0 aliphatic carbocycles. The molecule has 0 aromatic rings. The molecule has 70 valence electrons. The second-order valence-corrected chi connectivity index (χ2v) is 3.25. The van der Waals surface area contributed by atoms with Crippen LogP contribution in [0.3, 0.4) is 0 Å². The molecular formula is C9H22ClN. The fourth-order valence-corrected chi connectivity index (χ4v) is 1.35. The van der Waals surface area contributed by atoms with Crippen molar-refractivity contribution in [3.05, 3.63) is 0 Å². The van der Waals surface area contributed by atoms with E-state index in [1.807, 2.05) is 0 Å². The minimum atomic E-state index is 0.